The van der Waals surface area contributed by atoms with E-state index in [0.717, 1.165) is 12.1 Å². The van der Waals surface area contributed by atoms with E-state index < -0.39 is 35.7 Å². The molecule has 2 aromatic carbocycles. The summed E-state index contributed by atoms with van der Waals surface area (Å²) in [4.78, 5) is 36.0. The van der Waals surface area contributed by atoms with Crippen LogP contribution in [-0.2, 0) is 15.1 Å². The van der Waals surface area contributed by atoms with Crippen molar-refractivity contribution in [2.45, 2.75) is 19.4 Å². The molecule has 0 bridgehead atoms. The van der Waals surface area contributed by atoms with Gasteiger partial charge in [-0.3, -0.25) is 9.59 Å². The average Bonchev–Trinajstić information content (AvgIpc) is 2.67. The SMILES string of the molecule is CCOc1ccc(C(=O)NCC(=O)NC(C)(C(=O)O)c2ccc(F)cc2)cc1. The van der Waals surface area contributed by atoms with Crippen LogP contribution in [0.4, 0.5) is 4.39 Å². The summed E-state index contributed by atoms with van der Waals surface area (Å²) in [7, 11) is 0. The molecule has 3 N–H and O–H groups in total. The first-order valence-corrected chi connectivity index (χ1v) is 8.57. The first-order valence-electron chi connectivity index (χ1n) is 8.57. The lowest BCUT2D eigenvalue weighted by molar-refractivity contribution is -0.147. The third kappa shape index (κ3) is 5.06. The quantitative estimate of drug-likeness (QED) is 0.642. The molecule has 0 saturated heterocycles. The number of amides is 2. The topological polar surface area (TPSA) is 105 Å². The Hall–Kier alpha value is -3.42. The van der Waals surface area contributed by atoms with E-state index in [1.807, 2.05) is 6.92 Å². The summed E-state index contributed by atoms with van der Waals surface area (Å²) in [6.07, 6.45) is 0. The molecule has 0 aliphatic rings. The average molecular weight is 388 g/mol. The Morgan fingerprint density at radius 1 is 1.07 bits per heavy atom. The summed E-state index contributed by atoms with van der Waals surface area (Å²) in [6.45, 7) is 3.21. The number of nitrogens with one attached hydrogen (secondary N) is 2. The van der Waals surface area contributed by atoms with E-state index >= 15 is 0 Å². The number of carboxylic acids is 1. The highest BCUT2D eigenvalue weighted by Crippen LogP contribution is 2.21. The number of rotatable bonds is 8. The van der Waals surface area contributed by atoms with Gasteiger partial charge >= 0.3 is 5.97 Å². The van der Waals surface area contributed by atoms with Gasteiger partial charge in [0.2, 0.25) is 5.91 Å². The monoisotopic (exact) mass is 388 g/mol. The summed E-state index contributed by atoms with van der Waals surface area (Å²) in [6, 6.07) is 11.1. The van der Waals surface area contributed by atoms with Gasteiger partial charge in [0.1, 0.15) is 11.6 Å². The highest BCUT2D eigenvalue weighted by atomic mass is 19.1. The maximum atomic E-state index is 13.1. The minimum Gasteiger partial charge on any atom is -0.494 e. The standard InChI is InChI=1S/C20H21FN2O5/c1-3-28-16-10-4-13(5-11-16)18(25)22-12-17(24)23-20(2,19(26)27)14-6-8-15(21)9-7-14/h4-11H,3,12H2,1-2H3,(H,22,25)(H,23,24)(H,26,27). The smallest absolute Gasteiger partial charge is 0.333 e. The molecule has 0 heterocycles. The van der Waals surface area contributed by atoms with Crippen LogP contribution in [0.3, 0.4) is 0 Å². The second-order valence-corrected chi connectivity index (χ2v) is 6.13. The number of ether oxygens (including phenoxy) is 1. The number of carbonyl (C=O) groups excluding carboxylic acids is 2. The fraction of sp³-hybridized carbons (Fsp3) is 0.250. The molecule has 0 saturated carbocycles. The van der Waals surface area contributed by atoms with E-state index in [4.69, 9.17) is 4.74 Å². The molecule has 2 amide bonds. The second-order valence-electron chi connectivity index (χ2n) is 6.13. The predicted octanol–water partition coefficient (Wildman–Crippen LogP) is 2.07. The Morgan fingerprint density at radius 3 is 2.21 bits per heavy atom. The molecule has 0 aliphatic carbocycles. The van der Waals surface area contributed by atoms with Crippen molar-refractivity contribution in [3.05, 3.63) is 65.5 Å². The molecule has 0 fully saturated rings. The fourth-order valence-electron chi connectivity index (χ4n) is 2.49. The van der Waals surface area contributed by atoms with Crippen molar-refractivity contribution in [1.82, 2.24) is 10.6 Å². The zero-order chi connectivity index (χ0) is 20.7. The Kier molecular flexibility index (Phi) is 6.70. The van der Waals surface area contributed by atoms with Crippen LogP contribution in [0.5, 0.6) is 5.75 Å². The largest absolute Gasteiger partial charge is 0.494 e. The number of hydrogen-bond donors (Lipinski definition) is 3. The van der Waals surface area contributed by atoms with E-state index in [-0.39, 0.29) is 5.56 Å². The maximum absolute atomic E-state index is 13.1. The lowest BCUT2D eigenvalue weighted by Gasteiger charge is -2.27. The lowest BCUT2D eigenvalue weighted by atomic mass is 9.92. The van der Waals surface area contributed by atoms with E-state index in [1.54, 1.807) is 24.3 Å². The molecule has 0 aliphatic heterocycles. The van der Waals surface area contributed by atoms with Crippen LogP contribution >= 0.6 is 0 Å². The van der Waals surface area contributed by atoms with Gasteiger partial charge in [0.25, 0.3) is 5.91 Å². The van der Waals surface area contributed by atoms with Crippen molar-refractivity contribution >= 4 is 17.8 Å². The van der Waals surface area contributed by atoms with E-state index in [9.17, 15) is 23.9 Å². The van der Waals surface area contributed by atoms with Gasteiger partial charge in [-0.25, -0.2) is 9.18 Å². The second kappa shape index (κ2) is 8.98. The molecule has 1 unspecified atom stereocenters. The van der Waals surface area contributed by atoms with E-state index in [0.29, 0.717) is 17.9 Å². The van der Waals surface area contributed by atoms with Crippen molar-refractivity contribution in [1.29, 1.82) is 0 Å². The molecular formula is C20H21FN2O5. The van der Waals surface area contributed by atoms with Crippen LogP contribution in [0.25, 0.3) is 0 Å². The molecule has 0 aromatic heterocycles. The molecule has 2 aromatic rings. The summed E-state index contributed by atoms with van der Waals surface area (Å²) < 4.78 is 18.4. The van der Waals surface area contributed by atoms with Gasteiger partial charge in [0, 0.05) is 5.56 Å². The first-order chi connectivity index (χ1) is 13.3. The van der Waals surface area contributed by atoms with Gasteiger partial charge in [-0.15, -0.1) is 0 Å². The number of hydrogen-bond acceptors (Lipinski definition) is 4. The van der Waals surface area contributed by atoms with Crippen molar-refractivity contribution in [2.24, 2.45) is 0 Å². The van der Waals surface area contributed by atoms with Crippen LogP contribution in [-0.4, -0.2) is 36.0 Å². The normalized spacial score (nSPS) is 12.5. The first kappa shape index (κ1) is 20.9. The van der Waals surface area contributed by atoms with Gasteiger partial charge in [-0.05, 0) is 55.8 Å². The number of aliphatic carboxylic acids is 1. The third-order valence-corrected chi connectivity index (χ3v) is 4.08. The van der Waals surface area contributed by atoms with E-state index in [2.05, 4.69) is 10.6 Å². The van der Waals surface area contributed by atoms with Crippen LogP contribution in [0.15, 0.2) is 48.5 Å². The highest BCUT2D eigenvalue weighted by molar-refractivity contribution is 5.97. The molecule has 2 rings (SSSR count). The van der Waals surface area contributed by atoms with Crippen LogP contribution in [0, 0.1) is 5.82 Å². The third-order valence-electron chi connectivity index (χ3n) is 4.08. The molecule has 8 heteroatoms. The number of benzene rings is 2. The van der Waals surface area contributed by atoms with Gasteiger partial charge in [-0.2, -0.15) is 0 Å². The minimum absolute atomic E-state index is 0.201. The lowest BCUT2D eigenvalue weighted by Crippen LogP contribution is -2.52. The van der Waals surface area contributed by atoms with E-state index in [1.165, 1.54) is 19.1 Å². The fourth-order valence-corrected chi connectivity index (χ4v) is 2.49. The predicted molar refractivity (Wildman–Crippen MR) is 99.5 cm³/mol. The summed E-state index contributed by atoms with van der Waals surface area (Å²) in [5.41, 5.74) is -1.24. The Morgan fingerprint density at radius 2 is 1.68 bits per heavy atom. The van der Waals surface area contributed by atoms with Gasteiger partial charge in [-0.1, -0.05) is 12.1 Å². The van der Waals surface area contributed by atoms with Crippen molar-refractivity contribution in [3.8, 4) is 5.75 Å². The molecule has 28 heavy (non-hydrogen) atoms. The molecule has 7 nitrogen and oxygen atoms in total. The van der Waals surface area contributed by atoms with Gasteiger partial charge in [0.05, 0.1) is 13.2 Å². The van der Waals surface area contributed by atoms with Gasteiger partial charge < -0.3 is 20.5 Å². The highest BCUT2D eigenvalue weighted by Gasteiger charge is 2.36. The molecular weight excluding hydrogens is 367 g/mol. The van der Waals surface area contributed by atoms with Crippen LogP contribution in [0.1, 0.15) is 29.8 Å². The Labute approximate surface area is 161 Å². The van der Waals surface area contributed by atoms with Crippen LogP contribution in [0.2, 0.25) is 0 Å². The van der Waals surface area contributed by atoms with Crippen LogP contribution < -0.4 is 15.4 Å². The number of halogens is 1. The zero-order valence-electron chi connectivity index (χ0n) is 15.5. The number of carbonyl (C=O) groups is 3. The molecule has 1 atom stereocenters. The zero-order valence-corrected chi connectivity index (χ0v) is 15.5. The van der Waals surface area contributed by atoms with Crippen molar-refractivity contribution < 1.29 is 28.6 Å². The minimum atomic E-state index is -1.77. The maximum Gasteiger partial charge on any atom is 0.333 e. The Bertz CT molecular complexity index is 852. The molecule has 148 valence electrons. The van der Waals surface area contributed by atoms with Gasteiger partial charge in [0.15, 0.2) is 5.54 Å². The van der Waals surface area contributed by atoms with Crippen molar-refractivity contribution in [2.75, 3.05) is 13.2 Å². The van der Waals surface area contributed by atoms with Crippen molar-refractivity contribution in [3.63, 3.8) is 0 Å². The molecule has 0 spiro atoms. The number of carboxylic acid groups (broad SMARTS) is 1. The molecule has 0 radical (unpaired) electrons. The Balaban J connectivity index is 2.00. The summed E-state index contributed by atoms with van der Waals surface area (Å²) in [5.74, 6) is -2.41. The summed E-state index contributed by atoms with van der Waals surface area (Å²) >= 11 is 0. The summed E-state index contributed by atoms with van der Waals surface area (Å²) in [5, 5.41) is 14.3.